The number of rotatable bonds is 6. The molecule has 0 spiro atoms. The Morgan fingerprint density at radius 3 is 2.29 bits per heavy atom. The Labute approximate surface area is 202 Å². The molecule has 2 aromatic heterocycles. The van der Waals surface area contributed by atoms with Crippen LogP contribution in [0.3, 0.4) is 0 Å². The van der Waals surface area contributed by atoms with E-state index in [0.717, 1.165) is 32.0 Å². The van der Waals surface area contributed by atoms with Crippen molar-refractivity contribution in [3.63, 3.8) is 0 Å². The number of para-hydroxylation sites is 1. The molecule has 0 aliphatic heterocycles. The molecule has 5 rings (SSSR count). The Balaban J connectivity index is 1.49. The maximum Gasteiger partial charge on any atom is 0.298 e. The molecule has 0 saturated carbocycles. The SMILES string of the molecule is Cc1ccc(-c2cc3ccccn3c2C(=O)C(=O)Nc2ccccc2Sc2ccccc2)cc1. The highest BCUT2D eigenvalue weighted by Crippen LogP contribution is 2.34. The highest BCUT2D eigenvalue weighted by Gasteiger charge is 2.25. The van der Waals surface area contributed by atoms with Crippen LogP contribution in [0.2, 0.25) is 0 Å². The lowest BCUT2D eigenvalue weighted by Gasteiger charge is -2.11. The number of anilines is 1. The van der Waals surface area contributed by atoms with Gasteiger partial charge in [-0.3, -0.25) is 9.59 Å². The third kappa shape index (κ3) is 4.38. The van der Waals surface area contributed by atoms with Crippen molar-refractivity contribution in [3.05, 3.63) is 121 Å². The molecule has 1 N–H and O–H groups in total. The Morgan fingerprint density at radius 1 is 0.794 bits per heavy atom. The van der Waals surface area contributed by atoms with Crippen LogP contribution in [0.4, 0.5) is 5.69 Å². The van der Waals surface area contributed by atoms with Crippen LogP contribution < -0.4 is 5.32 Å². The monoisotopic (exact) mass is 462 g/mol. The predicted molar refractivity (Wildman–Crippen MR) is 138 cm³/mol. The molecular weight excluding hydrogens is 440 g/mol. The minimum atomic E-state index is -0.668. The fourth-order valence-electron chi connectivity index (χ4n) is 3.87. The lowest BCUT2D eigenvalue weighted by Crippen LogP contribution is -2.25. The summed E-state index contributed by atoms with van der Waals surface area (Å²) in [7, 11) is 0. The van der Waals surface area contributed by atoms with Crippen LogP contribution >= 0.6 is 11.8 Å². The first-order chi connectivity index (χ1) is 16.6. The lowest BCUT2D eigenvalue weighted by atomic mass is 10.0. The fourth-order valence-corrected chi connectivity index (χ4v) is 4.79. The molecule has 0 radical (unpaired) electrons. The number of fused-ring (bicyclic) bond motifs is 1. The number of hydrogen-bond donors (Lipinski definition) is 1. The molecule has 2 heterocycles. The summed E-state index contributed by atoms with van der Waals surface area (Å²) in [6, 6.07) is 33.0. The van der Waals surface area contributed by atoms with E-state index in [2.05, 4.69) is 5.32 Å². The second-order valence-electron chi connectivity index (χ2n) is 7.96. The van der Waals surface area contributed by atoms with Crippen LogP contribution in [0.15, 0.2) is 119 Å². The topological polar surface area (TPSA) is 50.6 Å². The van der Waals surface area contributed by atoms with Crippen LogP contribution in [0, 0.1) is 6.92 Å². The smallest absolute Gasteiger partial charge is 0.298 e. The van der Waals surface area contributed by atoms with Crippen LogP contribution in [0.5, 0.6) is 0 Å². The van der Waals surface area contributed by atoms with Gasteiger partial charge in [-0.15, -0.1) is 0 Å². The van der Waals surface area contributed by atoms with E-state index in [4.69, 9.17) is 0 Å². The molecule has 0 aliphatic rings. The highest BCUT2D eigenvalue weighted by molar-refractivity contribution is 7.99. The first kappa shape index (κ1) is 21.7. The third-order valence-electron chi connectivity index (χ3n) is 5.57. The largest absolute Gasteiger partial charge is 0.318 e. The molecule has 0 aliphatic carbocycles. The molecule has 34 heavy (non-hydrogen) atoms. The summed E-state index contributed by atoms with van der Waals surface area (Å²) in [5.74, 6) is -1.25. The van der Waals surface area contributed by atoms with Gasteiger partial charge in [0, 0.05) is 27.1 Å². The molecule has 3 aromatic carbocycles. The molecular formula is C29H22N2O2S. The number of Topliss-reactive ketones (excluding diaryl/α,β-unsaturated/α-hetero) is 1. The predicted octanol–water partition coefficient (Wildman–Crippen LogP) is 6.89. The van der Waals surface area contributed by atoms with Crippen LogP contribution in [-0.2, 0) is 4.79 Å². The summed E-state index contributed by atoms with van der Waals surface area (Å²) in [4.78, 5) is 28.6. The van der Waals surface area contributed by atoms with E-state index in [1.54, 1.807) is 4.40 Å². The Morgan fingerprint density at radius 2 is 1.50 bits per heavy atom. The summed E-state index contributed by atoms with van der Waals surface area (Å²) < 4.78 is 1.78. The highest BCUT2D eigenvalue weighted by atomic mass is 32.2. The van der Waals surface area contributed by atoms with Crippen LogP contribution in [0.25, 0.3) is 16.6 Å². The quantitative estimate of drug-likeness (QED) is 0.221. The number of aromatic nitrogens is 1. The van der Waals surface area contributed by atoms with E-state index in [0.29, 0.717) is 11.4 Å². The van der Waals surface area contributed by atoms with Gasteiger partial charge < -0.3 is 9.72 Å². The standard InChI is InChI=1S/C29H22N2O2S/c1-20-14-16-21(17-15-20)24-19-22-9-7-8-18-31(22)27(24)28(32)29(33)30-25-12-5-6-13-26(25)34-23-10-3-2-4-11-23/h2-19H,1H3,(H,30,33). The first-order valence-corrected chi connectivity index (χ1v) is 11.8. The van der Waals surface area contributed by atoms with Gasteiger partial charge >= 0.3 is 0 Å². The first-order valence-electron chi connectivity index (χ1n) is 10.9. The number of benzene rings is 3. The summed E-state index contributed by atoms with van der Waals surface area (Å²) in [5.41, 5.74) is 4.57. The number of ketones is 1. The van der Waals surface area contributed by atoms with Crippen molar-refractivity contribution in [1.29, 1.82) is 0 Å². The van der Waals surface area contributed by atoms with Crippen molar-refractivity contribution in [3.8, 4) is 11.1 Å². The minimum Gasteiger partial charge on any atom is -0.318 e. The van der Waals surface area contributed by atoms with E-state index in [9.17, 15) is 9.59 Å². The molecule has 0 saturated heterocycles. The van der Waals surface area contributed by atoms with Gasteiger partial charge in [-0.1, -0.05) is 78.0 Å². The number of aryl methyl sites for hydroxylation is 1. The number of pyridine rings is 1. The number of carbonyl (C=O) groups excluding carboxylic acids is 2. The van der Waals surface area contributed by atoms with E-state index in [-0.39, 0.29) is 0 Å². The number of hydrogen-bond acceptors (Lipinski definition) is 3. The molecule has 0 atom stereocenters. The Bertz CT molecular complexity index is 1490. The zero-order valence-electron chi connectivity index (χ0n) is 18.6. The zero-order valence-corrected chi connectivity index (χ0v) is 19.4. The average Bonchev–Trinajstić information content (AvgIpc) is 3.25. The normalized spacial score (nSPS) is 10.9. The molecule has 5 heteroatoms. The van der Waals surface area contributed by atoms with Crippen molar-refractivity contribution in [1.82, 2.24) is 4.40 Å². The van der Waals surface area contributed by atoms with E-state index >= 15 is 0 Å². The number of nitrogens with zero attached hydrogens (tertiary/aromatic N) is 1. The molecule has 0 unspecified atom stereocenters. The summed E-state index contributed by atoms with van der Waals surface area (Å²) in [5, 5.41) is 2.85. The van der Waals surface area contributed by atoms with Crippen molar-refractivity contribution in [2.75, 3.05) is 5.32 Å². The molecule has 4 nitrogen and oxygen atoms in total. The van der Waals surface area contributed by atoms with Crippen molar-refractivity contribution >= 4 is 34.7 Å². The minimum absolute atomic E-state index is 0.352. The molecule has 166 valence electrons. The number of nitrogens with one attached hydrogen (secondary N) is 1. The average molecular weight is 463 g/mol. The second-order valence-corrected chi connectivity index (χ2v) is 9.08. The summed E-state index contributed by atoms with van der Waals surface area (Å²) in [6.45, 7) is 2.02. The van der Waals surface area contributed by atoms with E-state index in [1.165, 1.54) is 11.8 Å². The summed E-state index contributed by atoms with van der Waals surface area (Å²) in [6.07, 6.45) is 1.81. The Kier molecular flexibility index (Phi) is 6.02. The second kappa shape index (κ2) is 9.41. The van der Waals surface area contributed by atoms with Crippen molar-refractivity contribution in [2.24, 2.45) is 0 Å². The summed E-state index contributed by atoms with van der Waals surface area (Å²) >= 11 is 1.54. The van der Waals surface area contributed by atoms with Gasteiger partial charge in [0.25, 0.3) is 11.7 Å². The van der Waals surface area contributed by atoms with Gasteiger partial charge in [0.2, 0.25) is 0 Å². The van der Waals surface area contributed by atoms with Crippen LogP contribution in [-0.4, -0.2) is 16.1 Å². The van der Waals surface area contributed by atoms with Gasteiger partial charge in [0.1, 0.15) is 5.69 Å². The van der Waals surface area contributed by atoms with Gasteiger partial charge in [0.05, 0.1) is 5.69 Å². The van der Waals surface area contributed by atoms with Crippen molar-refractivity contribution in [2.45, 2.75) is 16.7 Å². The van der Waals surface area contributed by atoms with E-state index < -0.39 is 11.7 Å². The van der Waals surface area contributed by atoms with Crippen LogP contribution in [0.1, 0.15) is 16.1 Å². The van der Waals surface area contributed by atoms with Crippen molar-refractivity contribution < 1.29 is 9.59 Å². The molecule has 1 amide bonds. The zero-order chi connectivity index (χ0) is 23.5. The van der Waals surface area contributed by atoms with Gasteiger partial charge in [-0.2, -0.15) is 0 Å². The van der Waals surface area contributed by atoms with Gasteiger partial charge in [-0.25, -0.2) is 0 Å². The lowest BCUT2D eigenvalue weighted by molar-refractivity contribution is -0.112. The maximum atomic E-state index is 13.5. The van der Waals surface area contributed by atoms with E-state index in [1.807, 2.05) is 116 Å². The molecule has 0 fully saturated rings. The molecule has 0 bridgehead atoms. The Hall–Kier alpha value is -4.09. The maximum absolute atomic E-state index is 13.5. The fraction of sp³-hybridized carbons (Fsp3) is 0.0345. The van der Waals surface area contributed by atoms with Gasteiger partial charge in [-0.05, 0) is 55.0 Å². The number of carbonyl (C=O) groups is 2. The number of amides is 1. The third-order valence-corrected chi connectivity index (χ3v) is 6.65. The molecule has 5 aromatic rings. The van der Waals surface area contributed by atoms with Gasteiger partial charge in [0.15, 0.2) is 0 Å².